The van der Waals surface area contributed by atoms with E-state index in [0.29, 0.717) is 56.1 Å². The standard InChI is InChI=1S/C22H34N4O5/c1-17(2)14-29-15-18(27)11-25-6-8-26(9-7-25)13-21-23-20(16-31-21)22(28)24(3)12-19-5-4-10-30-19/h4-5,10,16-18,27H,6-9,11-15H2,1-3H3. The van der Waals surface area contributed by atoms with Gasteiger partial charge >= 0.3 is 0 Å². The van der Waals surface area contributed by atoms with Crippen LogP contribution in [0.1, 0.15) is 36.0 Å². The second kappa shape index (κ2) is 11.4. The number of β-amino-alcohol motifs (C(OH)–C–C–N with tert-alkyl or cyclic N) is 1. The number of carbonyl (C=O) groups excluding carboxylic acids is 1. The molecular formula is C22H34N4O5. The van der Waals surface area contributed by atoms with Crippen LogP contribution >= 0.6 is 0 Å². The maximum atomic E-state index is 12.5. The van der Waals surface area contributed by atoms with Gasteiger partial charge in [0.1, 0.15) is 12.0 Å². The molecule has 2 aromatic heterocycles. The van der Waals surface area contributed by atoms with Gasteiger partial charge in [-0.05, 0) is 18.1 Å². The predicted molar refractivity (Wildman–Crippen MR) is 114 cm³/mol. The van der Waals surface area contributed by atoms with Crippen LogP contribution in [0, 0.1) is 5.92 Å². The minimum Gasteiger partial charge on any atom is -0.467 e. The van der Waals surface area contributed by atoms with E-state index >= 15 is 0 Å². The van der Waals surface area contributed by atoms with Crippen molar-refractivity contribution in [2.45, 2.75) is 33.0 Å². The summed E-state index contributed by atoms with van der Waals surface area (Å²) < 4.78 is 16.3. The molecule has 2 aromatic rings. The summed E-state index contributed by atoms with van der Waals surface area (Å²) in [4.78, 5) is 22.9. The fourth-order valence-electron chi connectivity index (χ4n) is 3.50. The predicted octanol–water partition coefficient (Wildman–Crippen LogP) is 1.69. The number of piperazine rings is 1. The van der Waals surface area contributed by atoms with Crippen molar-refractivity contribution < 1.29 is 23.5 Å². The Morgan fingerprint density at radius 2 is 1.97 bits per heavy atom. The lowest BCUT2D eigenvalue weighted by atomic mass is 10.2. The van der Waals surface area contributed by atoms with Crippen LogP contribution in [0.15, 0.2) is 33.5 Å². The van der Waals surface area contributed by atoms with E-state index in [9.17, 15) is 9.90 Å². The first kappa shape index (κ1) is 23.5. The summed E-state index contributed by atoms with van der Waals surface area (Å²) in [7, 11) is 1.71. The molecule has 9 heteroatoms. The van der Waals surface area contributed by atoms with Crippen LogP contribution in [0.5, 0.6) is 0 Å². The van der Waals surface area contributed by atoms with Gasteiger partial charge in [-0.3, -0.25) is 14.6 Å². The van der Waals surface area contributed by atoms with Gasteiger partial charge in [-0.15, -0.1) is 0 Å². The van der Waals surface area contributed by atoms with Gasteiger partial charge in [0.05, 0.1) is 32.1 Å². The molecule has 0 bridgehead atoms. The van der Waals surface area contributed by atoms with Crippen LogP contribution in [0.3, 0.4) is 0 Å². The van der Waals surface area contributed by atoms with Gasteiger partial charge in [-0.2, -0.15) is 0 Å². The third kappa shape index (κ3) is 7.46. The average molecular weight is 435 g/mol. The molecule has 3 rings (SSSR count). The maximum Gasteiger partial charge on any atom is 0.275 e. The minimum absolute atomic E-state index is 0.204. The normalized spacial score (nSPS) is 16.7. The average Bonchev–Trinajstić information content (AvgIpc) is 3.41. The molecule has 0 radical (unpaired) electrons. The lowest BCUT2D eigenvalue weighted by Gasteiger charge is -2.34. The highest BCUT2D eigenvalue weighted by Gasteiger charge is 2.22. The fraction of sp³-hybridized carbons (Fsp3) is 0.636. The highest BCUT2D eigenvalue weighted by molar-refractivity contribution is 5.91. The Labute approximate surface area is 183 Å². The van der Waals surface area contributed by atoms with Gasteiger partial charge in [-0.25, -0.2) is 4.98 Å². The Kier molecular flexibility index (Phi) is 8.65. The van der Waals surface area contributed by atoms with Crippen molar-refractivity contribution in [2.75, 3.05) is 53.0 Å². The van der Waals surface area contributed by atoms with Crippen molar-refractivity contribution in [2.24, 2.45) is 5.92 Å². The van der Waals surface area contributed by atoms with Gasteiger partial charge in [0.25, 0.3) is 5.91 Å². The molecule has 1 unspecified atom stereocenters. The smallest absolute Gasteiger partial charge is 0.275 e. The molecule has 1 N–H and O–H groups in total. The van der Waals surface area contributed by atoms with Gasteiger partial charge in [-0.1, -0.05) is 13.8 Å². The van der Waals surface area contributed by atoms with Crippen LogP contribution in [0.25, 0.3) is 0 Å². The van der Waals surface area contributed by atoms with Crippen molar-refractivity contribution in [1.82, 2.24) is 19.7 Å². The quantitative estimate of drug-likeness (QED) is 0.571. The lowest BCUT2D eigenvalue weighted by molar-refractivity contribution is -0.000850. The van der Waals surface area contributed by atoms with Gasteiger partial charge in [0.2, 0.25) is 5.89 Å². The van der Waals surface area contributed by atoms with Crippen molar-refractivity contribution in [3.05, 3.63) is 42.0 Å². The molecule has 0 aromatic carbocycles. The number of aliphatic hydroxyl groups is 1. The number of hydrogen-bond donors (Lipinski definition) is 1. The molecule has 1 fully saturated rings. The zero-order valence-electron chi connectivity index (χ0n) is 18.7. The van der Waals surface area contributed by atoms with E-state index in [4.69, 9.17) is 13.6 Å². The summed E-state index contributed by atoms with van der Waals surface area (Å²) in [5, 5.41) is 10.1. The summed E-state index contributed by atoms with van der Waals surface area (Å²) >= 11 is 0. The Hall–Kier alpha value is -2.20. The van der Waals surface area contributed by atoms with E-state index in [0.717, 1.165) is 26.2 Å². The summed E-state index contributed by atoms with van der Waals surface area (Å²) in [6.45, 7) is 10.2. The van der Waals surface area contributed by atoms with Crippen LogP contribution < -0.4 is 0 Å². The number of amides is 1. The fourth-order valence-corrected chi connectivity index (χ4v) is 3.50. The molecule has 0 saturated carbocycles. The van der Waals surface area contributed by atoms with E-state index in [1.165, 1.54) is 6.26 Å². The first-order chi connectivity index (χ1) is 14.9. The number of rotatable bonds is 11. The molecule has 1 amide bonds. The third-order valence-corrected chi connectivity index (χ3v) is 5.14. The molecule has 31 heavy (non-hydrogen) atoms. The van der Waals surface area contributed by atoms with Crippen molar-refractivity contribution in [3.63, 3.8) is 0 Å². The van der Waals surface area contributed by atoms with Crippen LogP contribution in [-0.4, -0.2) is 89.8 Å². The lowest BCUT2D eigenvalue weighted by Crippen LogP contribution is -2.48. The minimum atomic E-state index is -0.469. The molecule has 0 spiro atoms. The zero-order valence-corrected chi connectivity index (χ0v) is 18.7. The number of aromatic nitrogens is 1. The summed E-state index contributed by atoms with van der Waals surface area (Å²) in [5.41, 5.74) is 0.298. The Morgan fingerprint density at radius 1 is 1.23 bits per heavy atom. The Bertz CT molecular complexity index is 784. The number of hydrogen-bond acceptors (Lipinski definition) is 8. The molecule has 0 aliphatic carbocycles. The second-order valence-corrected chi connectivity index (χ2v) is 8.53. The first-order valence-electron chi connectivity index (χ1n) is 10.8. The molecule has 9 nitrogen and oxygen atoms in total. The molecule has 1 aliphatic heterocycles. The van der Waals surface area contributed by atoms with Crippen molar-refractivity contribution >= 4 is 5.91 Å². The highest BCUT2D eigenvalue weighted by atomic mass is 16.5. The van der Waals surface area contributed by atoms with Crippen LogP contribution in [-0.2, 0) is 17.8 Å². The Morgan fingerprint density at radius 3 is 2.65 bits per heavy atom. The first-order valence-corrected chi connectivity index (χ1v) is 10.8. The zero-order chi connectivity index (χ0) is 22.2. The Balaban J connectivity index is 1.39. The molecule has 172 valence electrons. The maximum absolute atomic E-state index is 12.5. The van der Waals surface area contributed by atoms with Crippen molar-refractivity contribution in [3.8, 4) is 0 Å². The summed E-state index contributed by atoms with van der Waals surface area (Å²) in [5.74, 6) is 1.52. The van der Waals surface area contributed by atoms with E-state index in [2.05, 4.69) is 28.6 Å². The van der Waals surface area contributed by atoms with E-state index < -0.39 is 6.10 Å². The molecule has 1 saturated heterocycles. The van der Waals surface area contributed by atoms with Crippen LogP contribution in [0.4, 0.5) is 0 Å². The molecule has 1 atom stereocenters. The summed E-state index contributed by atoms with van der Waals surface area (Å²) in [6.07, 6.45) is 2.53. The highest BCUT2D eigenvalue weighted by Crippen LogP contribution is 2.12. The topological polar surface area (TPSA) is 95.4 Å². The third-order valence-electron chi connectivity index (χ3n) is 5.14. The second-order valence-electron chi connectivity index (χ2n) is 8.53. The number of ether oxygens (including phenoxy) is 1. The number of furan rings is 1. The number of carbonyl (C=O) groups is 1. The SMILES string of the molecule is CC(C)COCC(O)CN1CCN(Cc2nc(C(=O)N(C)Cc3ccco3)co2)CC1. The number of nitrogens with zero attached hydrogens (tertiary/aromatic N) is 4. The largest absolute Gasteiger partial charge is 0.467 e. The van der Waals surface area contributed by atoms with Gasteiger partial charge in [0, 0.05) is 46.4 Å². The van der Waals surface area contributed by atoms with E-state index in [-0.39, 0.29) is 5.91 Å². The van der Waals surface area contributed by atoms with Crippen LogP contribution in [0.2, 0.25) is 0 Å². The molecule has 3 heterocycles. The molecule has 1 aliphatic rings. The molecular weight excluding hydrogens is 400 g/mol. The van der Waals surface area contributed by atoms with Gasteiger partial charge < -0.3 is 23.6 Å². The van der Waals surface area contributed by atoms with E-state index in [1.54, 1.807) is 24.3 Å². The monoisotopic (exact) mass is 434 g/mol. The number of oxazole rings is 1. The summed E-state index contributed by atoms with van der Waals surface area (Å²) in [6, 6.07) is 3.62. The van der Waals surface area contributed by atoms with E-state index in [1.807, 2.05) is 6.07 Å². The number of aliphatic hydroxyl groups excluding tert-OH is 1. The van der Waals surface area contributed by atoms with Gasteiger partial charge in [0.15, 0.2) is 5.69 Å². The van der Waals surface area contributed by atoms with Crippen molar-refractivity contribution in [1.29, 1.82) is 0 Å².